The van der Waals surface area contributed by atoms with Gasteiger partial charge in [-0.25, -0.2) is 0 Å². The summed E-state index contributed by atoms with van der Waals surface area (Å²) in [5, 5.41) is 0. The van der Waals surface area contributed by atoms with E-state index in [1.54, 1.807) is 0 Å². The van der Waals surface area contributed by atoms with Gasteiger partial charge in [-0.05, 0) is 81.0 Å². The lowest BCUT2D eigenvalue weighted by Crippen LogP contribution is -2.31. The third-order valence-electron chi connectivity index (χ3n) is 6.49. The zero-order valence-electron chi connectivity index (χ0n) is 12.6. The number of carbonyl (C=O) groups is 1. The summed E-state index contributed by atoms with van der Waals surface area (Å²) in [6, 6.07) is 0. The van der Waals surface area contributed by atoms with Crippen LogP contribution in [0.1, 0.15) is 46.0 Å². The highest BCUT2D eigenvalue weighted by atomic mass is 16.5. The second-order valence-electron chi connectivity index (χ2n) is 7.84. The Morgan fingerprint density at radius 2 is 1.90 bits per heavy atom. The quantitative estimate of drug-likeness (QED) is 0.442. The minimum atomic E-state index is 0.00663. The minimum Gasteiger partial charge on any atom is -0.463 e. The molecule has 0 saturated heterocycles. The van der Waals surface area contributed by atoms with Crippen molar-refractivity contribution in [3.8, 4) is 0 Å². The van der Waals surface area contributed by atoms with E-state index in [9.17, 15) is 4.79 Å². The summed E-state index contributed by atoms with van der Waals surface area (Å²) >= 11 is 0. The van der Waals surface area contributed by atoms with E-state index in [0.717, 1.165) is 47.8 Å². The van der Waals surface area contributed by atoms with Crippen molar-refractivity contribution < 1.29 is 9.53 Å². The van der Waals surface area contributed by atoms with Crippen LogP contribution in [-0.2, 0) is 9.53 Å². The summed E-state index contributed by atoms with van der Waals surface area (Å²) in [6.45, 7) is 3.86. The normalized spacial score (nSPS) is 47.2. The number of fused-ring (bicyclic) bond motifs is 9. The molecule has 4 rings (SSSR count). The Bertz CT molecular complexity index is 439. The number of esters is 1. The Balaban J connectivity index is 1.37. The van der Waals surface area contributed by atoms with Gasteiger partial charge in [0.15, 0.2) is 0 Å². The van der Waals surface area contributed by atoms with Crippen LogP contribution in [0.5, 0.6) is 0 Å². The highest BCUT2D eigenvalue weighted by molar-refractivity contribution is 5.69. The molecule has 7 unspecified atom stereocenters. The van der Waals surface area contributed by atoms with Crippen LogP contribution in [0.25, 0.3) is 0 Å². The van der Waals surface area contributed by atoms with Gasteiger partial charge < -0.3 is 4.74 Å². The number of carbonyl (C=O) groups excluding carboxylic acids is 1. The lowest BCUT2D eigenvalue weighted by atomic mass is 9.68. The molecule has 0 aliphatic heterocycles. The van der Waals surface area contributed by atoms with Gasteiger partial charge in [0, 0.05) is 6.42 Å². The molecule has 0 radical (unpaired) electrons. The van der Waals surface area contributed by atoms with Gasteiger partial charge in [0.2, 0.25) is 0 Å². The molecule has 110 valence electrons. The van der Waals surface area contributed by atoms with E-state index in [1.807, 2.05) is 13.8 Å². The maximum Gasteiger partial charge on any atom is 0.306 e. The molecule has 3 fully saturated rings. The Morgan fingerprint density at radius 1 is 1.15 bits per heavy atom. The molecular weight excluding hydrogens is 248 g/mol. The number of rotatable bonds is 4. The summed E-state index contributed by atoms with van der Waals surface area (Å²) in [5.74, 6) is 6.45. The summed E-state index contributed by atoms with van der Waals surface area (Å²) in [6.07, 6.45) is 11.0. The first-order valence-corrected chi connectivity index (χ1v) is 8.51. The van der Waals surface area contributed by atoms with Crippen molar-refractivity contribution in [1.82, 2.24) is 0 Å². The molecule has 0 heterocycles. The highest BCUT2D eigenvalue weighted by Gasteiger charge is 2.60. The molecule has 2 heteroatoms. The van der Waals surface area contributed by atoms with Gasteiger partial charge in [0.05, 0.1) is 6.10 Å². The van der Waals surface area contributed by atoms with E-state index in [1.165, 1.54) is 19.3 Å². The van der Waals surface area contributed by atoms with E-state index < -0.39 is 0 Å². The Kier molecular flexibility index (Phi) is 2.98. The van der Waals surface area contributed by atoms with Crippen LogP contribution in [0.2, 0.25) is 0 Å². The van der Waals surface area contributed by atoms with Gasteiger partial charge in [-0.3, -0.25) is 4.79 Å². The van der Waals surface area contributed by atoms with Gasteiger partial charge in [0.25, 0.3) is 0 Å². The van der Waals surface area contributed by atoms with Crippen molar-refractivity contribution in [2.75, 3.05) is 0 Å². The molecule has 7 atom stereocenters. The van der Waals surface area contributed by atoms with Crippen LogP contribution < -0.4 is 0 Å². The standard InChI is InChI=1S/C18H26O2/c1-10(2)20-16(19)6-5-11-7-14-9-15(11)18-13-4-3-12(8-13)17(14)18/h3-4,10-15,17-18H,5-9H2,1-2H3. The monoisotopic (exact) mass is 274 g/mol. The molecule has 20 heavy (non-hydrogen) atoms. The van der Waals surface area contributed by atoms with E-state index in [-0.39, 0.29) is 12.1 Å². The molecule has 4 aliphatic rings. The Labute approximate surface area is 122 Å². The molecule has 0 aromatic rings. The zero-order chi connectivity index (χ0) is 13.9. The van der Waals surface area contributed by atoms with E-state index in [4.69, 9.17) is 4.74 Å². The fourth-order valence-corrected chi connectivity index (χ4v) is 6.11. The summed E-state index contributed by atoms with van der Waals surface area (Å²) in [5.41, 5.74) is 0. The van der Waals surface area contributed by atoms with Crippen LogP contribution in [0.4, 0.5) is 0 Å². The van der Waals surface area contributed by atoms with Crippen LogP contribution in [0.15, 0.2) is 12.2 Å². The third-order valence-corrected chi connectivity index (χ3v) is 6.49. The lowest BCUT2D eigenvalue weighted by Gasteiger charge is -2.36. The first kappa shape index (κ1) is 12.9. The Morgan fingerprint density at radius 3 is 2.65 bits per heavy atom. The van der Waals surface area contributed by atoms with Crippen molar-refractivity contribution in [3.05, 3.63) is 12.2 Å². The van der Waals surface area contributed by atoms with E-state index >= 15 is 0 Å². The average molecular weight is 274 g/mol. The van der Waals surface area contributed by atoms with Crippen molar-refractivity contribution in [2.24, 2.45) is 41.4 Å². The second-order valence-corrected chi connectivity index (χ2v) is 7.84. The fraction of sp³-hybridized carbons (Fsp3) is 0.833. The van der Waals surface area contributed by atoms with Crippen LogP contribution in [-0.4, -0.2) is 12.1 Å². The molecule has 0 aromatic heterocycles. The number of hydrogen-bond donors (Lipinski definition) is 0. The molecule has 4 bridgehead atoms. The number of hydrogen-bond acceptors (Lipinski definition) is 2. The molecule has 4 aliphatic carbocycles. The molecule has 0 N–H and O–H groups in total. The maximum absolute atomic E-state index is 11.7. The van der Waals surface area contributed by atoms with Gasteiger partial charge in [-0.1, -0.05) is 12.2 Å². The van der Waals surface area contributed by atoms with Crippen LogP contribution in [0.3, 0.4) is 0 Å². The molecule has 0 amide bonds. The third kappa shape index (κ3) is 1.87. The molecule has 2 nitrogen and oxygen atoms in total. The highest BCUT2D eigenvalue weighted by Crippen LogP contribution is 2.67. The first-order chi connectivity index (χ1) is 9.63. The summed E-state index contributed by atoms with van der Waals surface area (Å²) in [7, 11) is 0. The van der Waals surface area contributed by atoms with Crippen molar-refractivity contribution in [3.63, 3.8) is 0 Å². The van der Waals surface area contributed by atoms with Crippen LogP contribution >= 0.6 is 0 Å². The predicted octanol–water partition coefficient (Wildman–Crippen LogP) is 3.81. The largest absolute Gasteiger partial charge is 0.463 e. The molecule has 0 spiro atoms. The number of ether oxygens (including phenoxy) is 1. The first-order valence-electron chi connectivity index (χ1n) is 8.51. The smallest absolute Gasteiger partial charge is 0.306 e. The van der Waals surface area contributed by atoms with Crippen molar-refractivity contribution in [1.29, 1.82) is 0 Å². The zero-order valence-corrected chi connectivity index (χ0v) is 12.6. The fourth-order valence-electron chi connectivity index (χ4n) is 6.11. The van der Waals surface area contributed by atoms with Gasteiger partial charge in [-0.15, -0.1) is 0 Å². The summed E-state index contributed by atoms with van der Waals surface area (Å²) < 4.78 is 5.28. The SMILES string of the molecule is CC(C)OC(=O)CCC1CC2CC1C1C3C=CC(C3)C21. The topological polar surface area (TPSA) is 26.3 Å². The predicted molar refractivity (Wildman–Crippen MR) is 77.9 cm³/mol. The average Bonchev–Trinajstić information content (AvgIpc) is 3.13. The summed E-state index contributed by atoms with van der Waals surface area (Å²) in [4.78, 5) is 11.7. The van der Waals surface area contributed by atoms with Crippen molar-refractivity contribution in [2.45, 2.75) is 52.1 Å². The van der Waals surface area contributed by atoms with Crippen molar-refractivity contribution >= 4 is 5.97 Å². The van der Waals surface area contributed by atoms with E-state index in [0.29, 0.717) is 6.42 Å². The van der Waals surface area contributed by atoms with Gasteiger partial charge in [-0.2, -0.15) is 0 Å². The molecule has 3 saturated carbocycles. The van der Waals surface area contributed by atoms with Crippen LogP contribution in [0, 0.1) is 41.4 Å². The molecular formula is C18H26O2. The Hall–Kier alpha value is -0.790. The maximum atomic E-state index is 11.7. The second kappa shape index (κ2) is 4.61. The number of allylic oxidation sites excluding steroid dienone is 2. The van der Waals surface area contributed by atoms with Gasteiger partial charge >= 0.3 is 5.97 Å². The lowest BCUT2D eigenvalue weighted by molar-refractivity contribution is -0.147. The minimum absolute atomic E-state index is 0.00663. The van der Waals surface area contributed by atoms with E-state index in [2.05, 4.69) is 12.2 Å². The van der Waals surface area contributed by atoms with Gasteiger partial charge in [0.1, 0.15) is 0 Å². The molecule has 0 aromatic carbocycles.